The van der Waals surface area contributed by atoms with Crippen LogP contribution >= 0.6 is 0 Å². The number of anilines is 1. The Bertz CT molecular complexity index is 1210. The lowest BCUT2D eigenvalue weighted by molar-refractivity contribution is -0.385. The first kappa shape index (κ1) is 21.6. The van der Waals surface area contributed by atoms with Crippen molar-refractivity contribution >= 4 is 33.1 Å². The largest absolute Gasteiger partial charge is 0.486 e. The molecule has 2 aromatic rings. The summed E-state index contributed by atoms with van der Waals surface area (Å²) in [6.07, 6.45) is 1.44. The molecule has 1 fully saturated rings. The molecule has 1 saturated heterocycles. The summed E-state index contributed by atoms with van der Waals surface area (Å²) in [7, 11) is -2.10. The van der Waals surface area contributed by atoms with Crippen LogP contribution in [0.3, 0.4) is 0 Å². The van der Waals surface area contributed by atoms with Gasteiger partial charge in [0.15, 0.2) is 11.5 Å². The zero-order valence-corrected chi connectivity index (χ0v) is 17.9. The summed E-state index contributed by atoms with van der Waals surface area (Å²) >= 11 is 0. The Kier molecular flexibility index (Phi) is 5.70. The van der Waals surface area contributed by atoms with Crippen LogP contribution in [0.25, 0.3) is 0 Å². The fourth-order valence-electron chi connectivity index (χ4n) is 3.42. The molecular formula is C20H20N4O7S. The van der Waals surface area contributed by atoms with E-state index in [1.165, 1.54) is 30.3 Å². The maximum atomic E-state index is 12.7. The number of benzene rings is 2. The minimum absolute atomic E-state index is 0.0198. The molecule has 11 nitrogen and oxygen atoms in total. The third kappa shape index (κ3) is 4.35. The highest BCUT2D eigenvalue weighted by molar-refractivity contribution is 7.90. The summed E-state index contributed by atoms with van der Waals surface area (Å²) in [6.45, 7) is 1.28. The molecule has 0 bridgehead atoms. The average Bonchev–Trinajstić information content (AvgIpc) is 3.16. The summed E-state index contributed by atoms with van der Waals surface area (Å²) in [5.41, 5.74) is -0.363. The molecule has 2 heterocycles. The minimum Gasteiger partial charge on any atom is -0.486 e. The van der Waals surface area contributed by atoms with Gasteiger partial charge in [0.2, 0.25) is 0 Å². The first-order chi connectivity index (χ1) is 15.2. The summed E-state index contributed by atoms with van der Waals surface area (Å²) in [5, 5.41) is 14.0. The number of ether oxygens (including phenoxy) is 2. The normalized spacial score (nSPS) is 16.8. The number of rotatable bonds is 5. The first-order valence-electron chi connectivity index (χ1n) is 9.79. The van der Waals surface area contributed by atoms with Gasteiger partial charge in [-0.15, -0.1) is 4.40 Å². The van der Waals surface area contributed by atoms with E-state index in [4.69, 9.17) is 9.47 Å². The van der Waals surface area contributed by atoms with Crippen molar-refractivity contribution in [1.82, 2.24) is 4.90 Å². The van der Waals surface area contributed by atoms with Crippen LogP contribution in [0.15, 0.2) is 45.7 Å². The number of nitrogens with zero attached hydrogens (tertiary/aromatic N) is 3. The maximum Gasteiger partial charge on any atom is 0.286 e. The molecule has 1 N–H and O–H groups in total. The van der Waals surface area contributed by atoms with Crippen molar-refractivity contribution in [3.63, 3.8) is 0 Å². The van der Waals surface area contributed by atoms with Crippen molar-refractivity contribution < 1.29 is 27.6 Å². The molecule has 0 unspecified atom stereocenters. The number of likely N-dealkylation sites (tertiary alicyclic amines) is 1. The van der Waals surface area contributed by atoms with Gasteiger partial charge in [-0.05, 0) is 30.7 Å². The number of hydrogen-bond acceptors (Lipinski definition) is 7. The maximum absolute atomic E-state index is 12.7. The topological polar surface area (TPSA) is 140 Å². The van der Waals surface area contributed by atoms with E-state index in [9.17, 15) is 23.3 Å². The van der Waals surface area contributed by atoms with Crippen LogP contribution in [0.4, 0.5) is 11.4 Å². The number of carbonyl (C=O) groups is 1. The van der Waals surface area contributed by atoms with Crippen LogP contribution in [0.2, 0.25) is 0 Å². The monoisotopic (exact) mass is 460 g/mol. The number of sulfonamides is 1. The molecule has 2 aliphatic heterocycles. The van der Waals surface area contributed by atoms with Gasteiger partial charge in [-0.25, -0.2) is 0 Å². The fraction of sp³-hybridized carbons (Fsp3) is 0.300. The Hall–Kier alpha value is -3.67. The zero-order valence-electron chi connectivity index (χ0n) is 17.1. The average molecular weight is 460 g/mol. The number of carbonyl (C=O) groups excluding carboxylic acids is 1. The van der Waals surface area contributed by atoms with Gasteiger partial charge in [-0.2, -0.15) is 8.42 Å². The number of hydrogen-bond donors (Lipinski definition) is 1. The highest BCUT2D eigenvalue weighted by Crippen LogP contribution is 2.37. The molecule has 0 saturated carbocycles. The van der Waals surface area contributed by atoms with Crippen molar-refractivity contribution in [1.29, 1.82) is 0 Å². The number of nitro benzene ring substituents is 1. The van der Waals surface area contributed by atoms with E-state index in [1.807, 2.05) is 0 Å². The molecule has 2 aromatic carbocycles. The van der Waals surface area contributed by atoms with Crippen molar-refractivity contribution in [2.45, 2.75) is 17.7 Å². The quantitative estimate of drug-likeness (QED) is 0.530. The second kappa shape index (κ2) is 8.46. The molecule has 0 radical (unpaired) electrons. The van der Waals surface area contributed by atoms with Gasteiger partial charge in [-0.1, -0.05) is 0 Å². The van der Waals surface area contributed by atoms with Gasteiger partial charge in [0, 0.05) is 31.8 Å². The lowest BCUT2D eigenvalue weighted by Gasteiger charge is -2.18. The van der Waals surface area contributed by atoms with Gasteiger partial charge in [0.1, 0.15) is 24.6 Å². The SMILES string of the molecule is CN1CCC/C1=N\S(=O)(=O)c1ccc(NC(=O)c2cc3c(cc2[N+](=O)[O-])OCCO3)cc1. The molecule has 0 aromatic heterocycles. The lowest BCUT2D eigenvalue weighted by Crippen LogP contribution is -2.20. The van der Waals surface area contributed by atoms with Crippen molar-refractivity contribution in [3.05, 3.63) is 52.1 Å². The number of nitrogens with one attached hydrogen (secondary N) is 1. The predicted molar refractivity (Wildman–Crippen MR) is 115 cm³/mol. The molecule has 0 aliphatic carbocycles. The number of nitro groups is 1. The van der Waals surface area contributed by atoms with Crippen LogP contribution in [0, 0.1) is 10.1 Å². The molecule has 168 valence electrons. The van der Waals surface area contributed by atoms with Gasteiger partial charge in [0.05, 0.1) is 15.9 Å². The highest BCUT2D eigenvalue weighted by atomic mass is 32.2. The Morgan fingerprint density at radius 1 is 1.16 bits per heavy atom. The molecule has 1 amide bonds. The Morgan fingerprint density at radius 3 is 2.41 bits per heavy atom. The second-order valence-corrected chi connectivity index (χ2v) is 8.86. The van der Waals surface area contributed by atoms with E-state index < -0.39 is 26.5 Å². The summed E-state index contributed by atoms with van der Waals surface area (Å²) in [5.74, 6) is 0.207. The Labute approximate surface area is 183 Å². The van der Waals surface area contributed by atoms with Crippen LogP contribution in [-0.4, -0.2) is 56.8 Å². The third-order valence-corrected chi connectivity index (χ3v) is 6.39. The van der Waals surface area contributed by atoms with E-state index in [0.29, 0.717) is 12.3 Å². The highest BCUT2D eigenvalue weighted by Gasteiger charge is 2.27. The van der Waals surface area contributed by atoms with Crippen molar-refractivity contribution in [2.24, 2.45) is 4.40 Å². The minimum atomic E-state index is -3.89. The van der Waals surface area contributed by atoms with Crippen LogP contribution < -0.4 is 14.8 Å². The van der Waals surface area contributed by atoms with Gasteiger partial charge in [-0.3, -0.25) is 14.9 Å². The van der Waals surface area contributed by atoms with E-state index in [-0.39, 0.29) is 40.9 Å². The van der Waals surface area contributed by atoms with Crippen molar-refractivity contribution in [2.75, 3.05) is 32.1 Å². The number of amides is 1. The third-order valence-electron chi connectivity index (χ3n) is 5.07. The summed E-state index contributed by atoms with van der Waals surface area (Å²) in [6, 6.07) is 7.85. The summed E-state index contributed by atoms with van der Waals surface area (Å²) < 4.78 is 39.7. The fourth-order valence-corrected chi connectivity index (χ4v) is 4.51. The van der Waals surface area contributed by atoms with E-state index >= 15 is 0 Å². The summed E-state index contributed by atoms with van der Waals surface area (Å²) in [4.78, 5) is 25.2. The van der Waals surface area contributed by atoms with E-state index in [1.54, 1.807) is 11.9 Å². The zero-order chi connectivity index (χ0) is 22.9. The standard InChI is InChI=1S/C20H20N4O7S/c1-23-8-2-3-19(23)22-32(28,29)14-6-4-13(5-7-14)21-20(25)15-11-17-18(31-10-9-30-17)12-16(15)24(26)27/h4-7,11-12H,2-3,8-10H2,1H3,(H,21,25)/b22-19+. The molecule has 2 aliphatic rings. The van der Waals surface area contributed by atoms with E-state index in [2.05, 4.69) is 9.71 Å². The van der Waals surface area contributed by atoms with Crippen LogP contribution in [-0.2, 0) is 10.0 Å². The molecule has 12 heteroatoms. The van der Waals surface area contributed by atoms with E-state index in [0.717, 1.165) is 19.0 Å². The van der Waals surface area contributed by atoms with Crippen LogP contribution in [0.5, 0.6) is 11.5 Å². The Morgan fingerprint density at radius 2 is 1.81 bits per heavy atom. The molecule has 0 atom stereocenters. The Balaban J connectivity index is 1.55. The molecule has 0 spiro atoms. The molecule has 32 heavy (non-hydrogen) atoms. The van der Waals surface area contributed by atoms with Gasteiger partial charge < -0.3 is 19.7 Å². The van der Waals surface area contributed by atoms with Gasteiger partial charge in [0.25, 0.3) is 21.6 Å². The second-order valence-electron chi connectivity index (χ2n) is 7.26. The number of amidine groups is 1. The number of fused-ring (bicyclic) bond motifs is 1. The lowest BCUT2D eigenvalue weighted by atomic mass is 10.1. The molecule has 4 rings (SSSR count). The smallest absolute Gasteiger partial charge is 0.286 e. The van der Waals surface area contributed by atoms with Gasteiger partial charge >= 0.3 is 0 Å². The van der Waals surface area contributed by atoms with Crippen molar-refractivity contribution in [3.8, 4) is 11.5 Å². The predicted octanol–water partition coefficient (Wildman–Crippen LogP) is 2.43. The van der Waals surface area contributed by atoms with Crippen LogP contribution in [0.1, 0.15) is 23.2 Å². The molecular weight excluding hydrogens is 440 g/mol. The first-order valence-corrected chi connectivity index (χ1v) is 11.2.